The van der Waals surface area contributed by atoms with Gasteiger partial charge in [0.05, 0.1) is 5.71 Å². The molecule has 1 heterocycles. The number of aliphatic hydroxyl groups excluding tert-OH is 1. The first kappa shape index (κ1) is 13.1. The van der Waals surface area contributed by atoms with Crippen molar-refractivity contribution >= 4 is 23.0 Å². The lowest BCUT2D eigenvalue weighted by Gasteiger charge is -2.13. The molecule has 3 rings (SSSR count). The standard InChI is InChI=1S/C15H12ClFN2O/c16-10-6-7-12-11(8-10)13(9-4-2-1-3-5-9)19-14(17)15(20)18-12/h1-8,14-15,18,20H. The SMILES string of the molecule is OC1Nc2ccc(Cl)cc2C(c2ccccc2)=NC1F. The van der Waals surface area contributed by atoms with Crippen LogP contribution in [-0.4, -0.2) is 23.3 Å². The minimum atomic E-state index is -1.74. The zero-order valence-electron chi connectivity index (χ0n) is 10.4. The van der Waals surface area contributed by atoms with Crippen LogP contribution >= 0.6 is 11.6 Å². The van der Waals surface area contributed by atoms with Gasteiger partial charge < -0.3 is 10.4 Å². The third-order valence-corrected chi connectivity index (χ3v) is 3.34. The summed E-state index contributed by atoms with van der Waals surface area (Å²) < 4.78 is 13.9. The zero-order valence-corrected chi connectivity index (χ0v) is 11.2. The van der Waals surface area contributed by atoms with Crippen LogP contribution in [0, 0.1) is 0 Å². The van der Waals surface area contributed by atoms with Crippen LogP contribution in [0.1, 0.15) is 11.1 Å². The van der Waals surface area contributed by atoms with Crippen LogP contribution in [0.3, 0.4) is 0 Å². The van der Waals surface area contributed by atoms with Gasteiger partial charge >= 0.3 is 0 Å². The smallest absolute Gasteiger partial charge is 0.234 e. The number of benzodiazepines with no additional fused rings is 1. The zero-order chi connectivity index (χ0) is 14.1. The Hall–Kier alpha value is -1.91. The van der Waals surface area contributed by atoms with E-state index in [1.165, 1.54) is 0 Å². The number of aliphatic hydroxyl groups is 1. The van der Waals surface area contributed by atoms with Crippen molar-refractivity contribution in [1.82, 2.24) is 0 Å². The van der Waals surface area contributed by atoms with Gasteiger partial charge in [0.25, 0.3) is 0 Å². The first-order chi connectivity index (χ1) is 9.65. The number of rotatable bonds is 1. The average Bonchev–Trinajstić information content (AvgIpc) is 2.58. The Morgan fingerprint density at radius 2 is 1.90 bits per heavy atom. The van der Waals surface area contributed by atoms with E-state index in [4.69, 9.17) is 11.6 Å². The molecular weight excluding hydrogens is 279 g/mol. The summed E-state index contributed by atoms with van der Waals surface area (Å²) in [7, 11) is 0. The first-order valence-corrected chi connectivity index (χ1v) is 6.55. The van der Waals surface area contributed by atoms with Gasteiger partial charge in [-0.05, 0) is 18.2 Å². The van der Waals surface area contributed by atoms with Gasteiger partial charge in [0.15, 0.2) is 6.23 Å². The molecule has 1 aliphatic heterocycles. The minimum absolute atomic E-state index is 0.472. The fourth-order valence-electron chi connectivity index (χ4n) is 2.16. The Balaban J connectivity index is 2.21. The highest BCUT2D eigenvalue weighted by molar-refractivity contribution is 6.31. The van der Waals surface area contributed by atoms with Crippen LogP contribution in [0.2, 0.25) is 5.02 Å². The molecule has 20 heavy (non-hydrogen) atoms. The van der Waals surface area contributed by atoms with Gasteiger partial charge in [0.1, 0.15) is 0 Å². The van der Waals surface area contributed by atoms with Crippen LogP contribution in [0.4, 0.5) is 10.1 Å². The van der Waals surface area contributed by atoms with Crippen molar-refractivity contribution in [2.24, 2.45) is 4.99 Å². The van der Waals surface area contributed by atoms with Crippen molar-refractivity contribution in [3.05, 3.63) is 64.7 Å². The molecule has 0 amide bonds. The molecule has 0 radical (unpaired) electrons. The second-order valence-electron chi connectivity index (χ2n) is 4.50. The van der Waals surface area contributed by atoms with Crippen molar-refractivity contribution in [2.45, 2.75) is 12.5 Å². The van der Waals surface area contributed by atoms with Crippen molar-refractivity contribution in [2.75, 3.05) is 5.32 Å². The Labute approximate surface area is 120 Å². The summed E-state index contributed by atoms with van der Waals surface area (Å²) in [6.07, 6.45) is -3.12. The number of hydrogen-bond acceptors (Lipinski definition) is 3. The van der Waals surface area contributed by atoms with Crippen LogP contribution in [0.5, 0.6) is 0 Å². The van der Waals surface area contributed by atoms with Gasteiger partial charge in [-0.15, -0.1) is 0 Å². The van der Waals surface area contributed by atoms with Crippen molar-refractivity contribution < 1.29 is 9.50 Å². The molecule has 2 N–H and O–H groups in total. The van der Waals surface area contributed by atoms with E-state index in [1.807, 2.05) is 30.3 Å². The van der Waals surface area contributed by atoms with Crippen LogP contribution in [0.25, 0.3) is 0 Å². The maximum Gasteiger partial charge on any atom is 0.234 e. The molecule has 0 spiro atoms. The Morgan fingerprint density at radius 3 is 2.65 bits per heavy atom. The van der Waals surface area contributed by atoms with Crippen molar-refractivity contribution in [1.29, 1.82) is 0 Å². The molecule has 2 atom stereocenters. The van der Waals surface area contributed by atoms with E-state index in [-0.39, 0.29) is 0 Å². The molecule has 102 valence electrons. The van der Waals surface area contributed by atoms with E-state index in [1.54, 1.807) is 18.2 Å². The van der Waals surface area contributed by atoms with Crippen molar-refractivity contribution in [3.8, 4) is 0 Å². The monoisotopic (exact) mass is 290 g/mol. The molecule has 2 aromatic carbocycles. The third kappa shape index (κ3) is 2.40. The highest BCUT2D eigenvalue weighted by Crippen LogP contribution is 2.28. The molecule has 3 nitrogen and oxygen atoms in total. The van der Waals surface area contributed by atoms with Crippen molar-refractivity contribution in [3.63, 3.8) is 0 Å². The number of halogens is 2. The minimum Gasteiger partial charge on any atom is -0.369 e. The van der Waals surface area contributed by atoms with Crippen LogP contribution in [-0.2, 0) is 0 Å². The van der Waals surface area contributed by atoms with Gasteiger partial charge in [-0.2, -0.15) is 0 Å². The highest BCUT2D eigenvalue weighted by Gasteiger charge is 2.25. The van der Waals surface area contributed by atoms with Gasteiger partial charge in [-0.3, -0.25) is 0 Å². The summed E-state index contributed by atoms with van der Waals surface area (Å²) in [4.78, 5) is 3.99. The fourth-order valence-corrected chi connectivity index (χ4v) is 2.33. The number of alkyl halides is 1. The van der Waals surface area contributed by atoms with Crippen LogP contribution in [0.15, 0.2) is 53.5 Å². The van der Waals surface area contributed by atoms with E-state index in [0.29, 0.717) is 22.0 Å². The molecule has 2 aromatic rings. The molecule has 2 unspecified atom stereocenters. The van der Waals surface area contributed by atoms with E-state index in [2.05, 4.69) is 10.3 Å². The Bertz CT molecular complexity index is 660. The molecule has 0 bridgehead atoms. The fraction of sp³-hybridized carbons (Fsp3) is 0.133. The Morgan fingerprint density at radius 1 is 1.15 bits per heavy atom. The van der Waals surface area contributed by atoms with Gasteiger partial charge in [0, 0.05) is 21.8 Å². The van der Waals surface area contributed by atoms with E-state index in [9.17, 15) is 9.50 Å². The second kappa shape index (κ2) is 5.23. The van der Waals surface area contributed by atoms with E-state index in [0.717, 1.165) is 5.56 Å². The number of nitrogens with zero attached hydrogens (tertiary/aromatic N) is 1. The summed E-state index contributed by atoms with van der Waals surface area (Å²) in [6.45, 7) is 0. The molecular formula is C15H12ClFN2O. The van der Waals surface area contributed by atoms with Gasteiger partial charge in [-0.25, -0.2) is 9.38 Å². The van der Waals surface area contributed by atoms with E-state index >= 15 is 0 Å². The average molecular weight is 291 g/mol. The largest absolute Gasteiger partial charge is 0.369 e. The molecule has 0 saturated carbocycles. The molecule has 5 heteroatoms. The highest BCUT2D eigenvalue weighted by atomic mass is 35.5. The Kier molecular flexibility index (Phi) is 3.42. The molecule has 0 aromatic heterocycles. The summed E-state index contributed by atoms with van der Waals surface area (Å²) in [5.74, 6) is 0. The molecule has 0 aliphatic carbocycles. The predicted octanol–water partition coefficient (Wildman–Crippen LogP) is 3.22. The normalized spacial score (nSPS) is 21.4. The quantitative estimate of drug-likeness (QED) is 0.792. The number of fused-ring (bicyclic) bond motifs is 1. The van der Waals surface area contributed by atoms with Gasteiger partial charge in [-0.1, -0.05) is 41.9 Å². The summed E-state index contributed by atoms with van der Waals surface area (Å²) >= 11 is 6.02. The molecule has 1 aliphatic rings. The number of aliphatic imine (C=N–C) groups is 1. The summed E-state index contributed by atoms with van der Waals surface area (Å²) in [5.41, 5.74) is 2.52. The van der Waals surface area contributed by atoms with Gasteiger partial charge in [0.2, 0.25) is 6.30 Å². The molecule has 0 fully saturated rings. The van der Waals surface area contributed by atoms with E-state index < -0.39 is 12.5 Å². The second-order valence-corrected chi connectivity index (χ2v) is 4.93. The molecule has 0 saturated heterocycles. The lowest BCUT2D eigenvalue weighted by atomic mass is 10.0. The lowest BCUT2D eigenvalue weighted by molar-refractivity contribution is 0.107. The first-order valence-electron chi connectivity index (χ1n) is 6.17. The summed E-state index contributed by atoms with van der Waals surface area (Å²) in [5, 5.41) is 12.9. The number of benzene rings is 2. The number of hydrogen-bond donors (Lipinski definition) is 2. The third-order valence-electron chi connectivity index (χ3n) is 3.10. The lowest BCUT2D eigenvalue weighted by Crippen LogP contribution is -2.27. The number of nitrogens with one attached hydrogen (secondary N) is 1. The van der Waals surface area contributed by atoms with Crippen LogP contribution < -0.4 is 5.32 Å². The summed E-state index contributed by atoms with van der Waals surface area (Å²) in [6, 6.07) is 14.4. The predicted molar refractivity (Wildman–Crippen MR) is 78.1 cm³/mol. The maximum atomic E-state index is 13.9. The topological polar surface area (TPSA) is 44.6 Å². The maximum absolute atomic E-state index is 13.9. The number of anilines is 1.